The Morgan fingerprint density at radius 1 is 1.03 bits per heavy atom. The second-order valence-corrected chi connectivity index (χ2v) is 8.94. The lowest BCUT2D eigenvalue weighted by molar-refractivity contribution is -0.138. The topological polar surface area (TPSA) is 118 Å². The standard InChI is InChI=1S/C22H20N2O7S/c1-14(2)22(28)31-12-11-23(16-7-5-4-6-8-16)19(25)15-9-10-17-18(13-15)21(27)24(20(17)26)32(3,29)30/h4-10,13H,1,11-12H2,2-3H3. The fourth-order valence-electron chi connectivity index (χ4n) is 3.12. The molecule has 3 amide bonds. The summed E-state index contributed by atoms with van der Waals surface area (Å²) >= 11 is 0. The molecule has 0 aliphatic carbocycles. The predicted octanol–water partition coefficient (Wildman–Crippen LogP) is 2.01. The molecule has 2 aromatic rings. The largest absolute Gasteiger partial charge is 0.460 e. The molecule has 32 heavy (non-hydrogen) atoms. The molecular weight excluding hydrogens is 436 g/mol. The summed E-state index contributed by atoms with van der Waals surface area (Å²) in [5.74, 6) is -3.08. The van der Waals surface area contributed by atoms with Crippen LogP contribution >= 0.6 is 0 Å². The quantitative estimate of drug-likeness (QED) is 0.355. The van der Waals surface area contributed by atoms with Crippen molar-refractivity contribution in [3.8, 4) is 0 Å². The highest BCUT2D eigenvalue weighted by molar-refractivity contribution is 7.89. The number of hydrogen-bond donors (Lipinski definition) is 0. The SMILES string of the molecule is C=C(C)C(=O)OCCN(C(=O)c1ccc2c(c1)C(=O)N(S(C)(=O)=O)C2=O)c1ccccc1. The number of para-hydroxylation sites is 1. The van der Waals surface area contributed by atoms with E-state index in [0.717, 1.165) is 6.26 Å². The molecule has 2 aromatic carbocycles. The third-order valence-corrected chi connectivity index (χ3v) is 5.63. The fraction of sp³-hybridized carbons (Fsp3) is 0.182. The van der Waals surface area contributed by atoms with E-state index in [9.17, 15) is 27.6 Å². The molecule has 0 spiro atoms. The van der Waals surface area contributed by atoms with Crippen LogP contribution in [0.2, 0.25) is 0 Å². The lowest BCUT2D eigenvalue weighted by Crippen LogP contribution is -2.35. The van der Waals surface area contributed by atoms with Crippen LogP contribution in [-0.4, -0.2) is 55.8 Å². The molecular formula is C22H20N2O7S. The minimum absolute atomic E-state index is 0.0152. The Kier molecular flexibility index (Phi) is 6.26. The van der Waals surface area contributed by atoms with E-state index in [4.69, 9.17) is 4.74 Å². The molecule has 0 atom stereocenters. The monoisotopic (exact) mass is 456 g/mol. The van der Waals surface area contributed by atoms with Gasteiger partial charge >= 0.3 is 5.97 Å². The minimum atomic E-state index is -4.10. The number of esters is 1. The summed E-state index contributed by atoms with van der Waals surface area (Å²) in [6.45, 7) is 4.92. The van der Waals surface area contributed by atoms with Crippen molar-refractivity contribution in [3.05, 3.63) is 77.4 Å². The zero-order chi connectivity index (χ0) is 23.6. The summed E-state index contributed by atoms with van der Waals surface area (Å²) in [5, 5.41) is 0. The Morgan fingerprint density at radius 3 is 2.25 bits per heavy atom. The van der Waals surface area contributed by atoms with Crippen LogP contribution in [-0.2, 0) is 19.6 Å². The molecule has 0 fully saturated rings. The van der Waals surface area contributed by atoms with Crippen LogP contribution < -0.4 is 4.90 Å². The molecule has 0 saturated heterocycles. The van der Waals surface area contributed by atoms with Gasteiger partial charge in [0.25, 0.3) is 17.7 Å². The van der Waals surface area contributed by atoms with E-state index in [2.05, 4.69) is 6.58 Å². The summed E-state index contributed by atoms with van der Waals surface area (Å²) in [6, 6.07) is 12.4. The molecule has 3 rings (SSSR count). The van der Waals surface area contributed by atoms with Crippen LogP contribution in [0.5, 0.6) is 0 Å². The van der Waals surface area contributed by atoms with E-state index in [1.807, 2.05) is 0 Å². The zero-order valence-corrected chi connectivity index (χ0v) is 18.2. The van der Waals surface area contributed by atoms with E-state index in [-0.39, 0.29) is 39.7 Å². The van der Waals surface area contributed by atoms with Crippen molar-refractivity contribution >= 4 is 39.4 Å². The number of nitrogens with zero attached hydrogens (tertiary/aromatic N) is 2. The average molecular weight is 456 g/mol. The van der Waals surface area contributed by atoms with Crippen molar-refractivity contribution in [2.45, 2.75) is 6.92 Å². The van der Waals surface area contributed by atoms with Gasteiger partial charge in [-0.15, -0.1) is 0 Å². The van der Waals surface area contributed by atoms with Crippen LogP contribution in [0.25, 0.3) is 0 Å². The number of sulfonamides is 1. The van der Waals surface area contributed by atoms with Crippen LogP contribution in [0.3, 0.4) is 0 Å². The lowest BCUT2D eigenvalue weighted by Gasteiger charge is -2.23. The molecule has 0 saturated carbocycles. The fourth-order valence-corrected chi connectivity index (χ4v) is 3.92. The Labute approximate surface area is 184 Å². The molecule has 1 aliphatic rings. The van der Waals surface area contributed by atoms with E-state index in [1.54, 1.807) is 30.3 Å². The summed E-state index contributed by atoms with van der Waals surface area (Å²) in [5.41, 5.74) is 0.534. The van der Waals surface area contributed by atoms with Crippen LogP contribution in [0.1, 0.15) is 38.0 Å². The number of anilines is 1. The molecule has 166 valence electrons. The third-order valence-electron chi connectivity index (χ3n) is 4.64. The number of fused-ring (bicyclic) bond motifs is 1. The Hall–Kier alpha value is -3.79. The lowest BCUT2D eigenvalue weighted by atomic mass is 10.0. The number of benzene rings is 2. The maximum Gasteiger partial charge on any atom is 0.333 e. The molecule has 10 heteroatoms. The van der Waals surface area contributed by atoms with Gasteiger partial charge in [0, 0.05) is 16.8 Å². The second-order valence-electron chi connectivity index (χ2n) is 7.11. The second kappa shape index (κ2) is 8.75. The summed E-state index contributed by atoms with van der Waals surface area (Å²) < 4.78 is 28.9. The van der Waals surface area contributed by atoms with Gasteiger partial charge in [-0.2, -0.15) is 4.31 Å². The van der Waals surface area contributed by atoms with Crippen molar-refractivity contribution in [2.24, 2.45) is 0 Å². The van der Waals surface area contributed by atoms with Crippen molar-refractivity contribution < 1.29 is 32.3 Å². The summed E-state index contributed by atoms with van der Waals surface area (Å²) in [7, 11) is -4.10. The first-order valence-corrected chi connectivity index (χ1v) is 11.3. The number of ether oxygens (including phenoxy) is 1. The normalized spacial score (nSPS) is 13.0. The van der Waals surface area contributed by atoms with E-state index in [0.29, 0.717) is 5.69 Å². The van der Waals surface area contributed by atoms with E-state index >= 15 is 0 Å². The van der Waals surface area contributed by atoms with Crippen molar-refractivity contribution in [2.75, 3.05) is 24.3 Å². The highest BCUT2D eigenvalue weighted by Gasteiger charge is 2.41. The highest BCUT2D eigenvalue weighted by atomic mass is 32.2. The minimum Gasteiger partial charge on any atom is -0.460 e. The number of imide groups is 1. The number of carbonyl (C=O) groups is 4. The van der Waals surface area contributed by atoms with Crippen molar-refractivity contribution in [1.29, 1.82) is 0 Å². The molecule has 0 radical (unpaired) electrons. The first-order chi connectivity index (χ1) is 15.0. The van der Waals surface area contributed by atoms with Gasteiger partial charge in [0.05, 0.1) is 23.9 Å². The Balaban J connectivity index is 1.92. The van der Waals surface area contributed by atoms with Gasteiger partial charge in [0.2, 0.25) is 10.0 Å². The van der Waals surface area contributed by atoms with Crippen molar-refractivity contribution in [3.63, 3.8) is 0 Å². The van der Waals surface area contributed by atoms with Gasteiger partial charge < -0.3 is 9.64 Å². The van der Waals surface area contributed by atoms with Crippen molar-refractivity contribution in [1.82, 2.24) is 4.31 Å². The molecule has 9 nitrogen and oxygen atoms in total. The maximum absolute atomic E-state index is 13.3. The van der Waals surface area contributed by atoms with Gasteiger partial charge in [0.15, 0.2) is 0 Å². The molecule has 0 bridgehead atoms. The third kappa shape index (κ3) is 4.45. The number of carbonyl (C=O) groups excluding carboxylic acids is 4. The highest BCUT2D eigenvalue weighted by Crippen LogP contribution is 2.27. The average Bonchev–Trinajstić information content (AvgIpc) is 3.00. The number of hydrogen-bond acceptors (Lipinski definition) is 7. The number of amides is 3. The summed E-state index contributed by atoms with van der Waals surface area (Å²) in [6.07, 6.45) is 0.754. The van der Waals surface area contributed by atoms with Crippen LogP contribution in [0, 0.1) is 0 Å². The van der Waals surface area contributed by atoms with E-state index < -0.39 is 33.7 Å². The Bertz CT molecular complexity index is 1240. The molecule has 0 aromatic heterocycles. The Morgan fingerprint density at radius 2 is 1.66 bits per heavy atom. The van der Waals surface area contributed by atoms with Gasteiger partial charge in [-0.1, -0.05) is 24.8 Å². The van der Waals surface area contributed by atoms with E-state index in [1.165, 1.54) is 30.0 Å². The molecule has 1 aliphatic heterocycles. The predicted molar refractivity (Wildman–Crippen MR) is 116 cm³/mol. The van der Waals surface area contributed by atoms with Gasteiger partial charge in [-0.05, 0) is 37.3 Å². The first kappa shape index (κ1) is 22.9. The first-order valence-electron chi connectivity index (χ1n) is 9.45. The number of rotatable bonds is 7. The van der Waals surface area contributed by atoms with Gasteiger partial charge in [-0.3, -0.25) is 14.4 Å². The maximum atomic E-state index is 13.3. The zero-order valence-electron chi connectivity index (χ0n) is 17.4. The summed E-state index contributed by atoms with van der Waals surface area (Å²) in [4.78, 5) is 51.1. The van der Waals surface area contributed by atoms with Gasteiger partial charge in [-0.25, -0.2) is 13.2 Å². The van der Waals surface area contributed by atoms with Crippen LogP contribution in [0.4, 0.5) is 5.69 Å². The van der Waals surface area contributed by atoms with Gasteiger partial charge in [0.1, 0.15) is 6.61 Å². The molecule has 0 unspecified atom stereocenters. The van der Waals surface area contributed by atoms with Crippen LogP contribution in [0.15, 0.2) is 60.7 Å². The molecule has 1 heterocycles. The smallest absolute Gasteiger partial charge is 0.333 e. The molecule has 0 N–H and O–H groups in total.